The summed E-state index contributed by atoms with van der Waals surface area (Å²) >= 11 is 0. The van der Waals surface area contributed by atoms with Gasteiger partial charge in [0.15, 0.2) is 0 Å². The molecule has 0 saturated heterocycles. The molecule has 0 aromatic carbocycles. The number of alkyl halides is 2. The second-order valence-corrected chi connectivity index (χ2v) is 5.81. The molecule has 0 radical (unpaired) electrons. The van der Waals surface area contributed by atoms with Crippen LogP contribution in [0.25, 0.3) is 0 Å². The molecule has 0 aliphatic heterocycles. The number of rotatable bonds is 4. The lowest BCUT2D eigenvalue weighted by Crippen LogP contribution is -2.14. The van der Waals surface area contributed by atoms with Crippen LogP contribution >= 0.6 is 0 Å². The van der Waals surface area contributed by atoms with Crippen LogP contribution in [-0.2, 0) is 10.8 Å². The van der Waals surface area contributed by atoms with Crippen LogP contribution in [0, 0.1) is 0 Å². The summed E-state index contributed by atoms with van der Waals surface area (Å²) in [5, 5.41) is 0. The minimum absolute atomic E-state index is 0.0925. The van der Waals surface area contributed by atoms with Crippen LogP contribution in [0.3, 0.4) is 0 Å². The van der Waals surface area contributed by atoms with Gasteiger partial charge >= 0.3 is 0 Å². The topological polar surface area (TPSA) is 17.1 Å². The van der Waals surface area contributed by atoms with Crippen molar-refractivity contribution >= 4 is 10.8 Å². The Kier molecular flexibility index (Phi) is 4.84. The third-order valence-electron chi connectivity index (χ3n) is 2.90. The van der Waals surface area contributed by atoms with Gasteiger partial charge in [-0.1, -0.05) is 18.1 Å². The molecule has 92 valence electrons. The van der Waals surface area contributed by atoms with Crippen LogP contribution in [0.1, 0.15) is 40.0 Å². The predicted molar refractivity (Wildman–Crippen MR) is 63.9 cm³/mol. The molecule has 0 aromatic heterocycles. The highest BCUT2D eigenvalue weighted by Gasteiger charge is 2.25. The van der Waals surface area contributed by atoms with E-state index in [0.29, 0.717) is 17.1 Å². The molecule has 16 heavy (non-hydrogen) atoms. The molecule has 0 fully saturated rings. The van der Waals surface area contributed by atoms with Crippen molar-refractivity contribution in [2.45, 2.75) is 46.5 Å². The first-order valence-electron chi connectivity index (χ1n) is 5.51. The molecule has 1 rings (SSSR count). The van der Waals surface area contributed by atoms with Gasteiger partial charge in [-0.2, -0.15) is 0 Å². The third kappa shape index (κ3) is 3.00. The predicted octanol–water partition coefficient (Wildman–Crippen LogP) is 3.79. The molecule has 1 unspecified atom stereocenters. The van der Waals surface area contributed by atoms with E-state index in [2.05, 4.69) is 0 Å². The molecule has 0 aromatic rings. The van der Waals surface area contributed by atoms with E-state index in [1.165, 1.54) is 0 Å². The average Bonchev–Trinajstić information content (AvgIpc) is 2.21. The Morgan fingerprint density at radius 2 is 1.81 bits per heavy atom. The maximum absolute atomic E-state index is 12.9. The van der Waals surface area contributed by atoms with E-state index in [1.807, 2.05) is 20.8 Å². The number of hydrogen-bond acceptors (Lipinski definition) is 1. The van der Waals surface area contributed by atoms with Crippen LogP contribution in [0.4, 0.5) is 8.78 Å². The summed E-state index contributed by atoms with van der Waals surface area (Å²) in [6, 6.07) is 0. The molecule has 1 aliphatic rings. The summed E-state index contributed by atoms with van der Waals surface area (Å²) in [5.74, 6) is 0.484. The standard InChI is InChI=1S/C12H18F2OS/c1-4-5-16(15)11-7-9(3)8(2)6-10(11)12(13)14/h12H,4-7H2,1-3H3. The highest BCUT2D eigenvalue weighted by molar-refractivity contribution is 7.89. The van der Waals surface area contributed by atoms with Gasteiger partial charge in [-0.3, -0.25) is 4.21 Å². The quantitative estimate of drug-likeness (QED) is 0.692. The van der Waals surface area contributed by atoms with Crippen molar-refractivity contribution in [1.82, 2.24) is 0 Å². The Morgan fingerprint density at radius 3 is 2.31 bits per heavy atom. The summed E-state index contributed by atoms with van der Waals surface area (Å²) in [6.07, 6.45) is -0.973. The second kappa shape index (κ2) is 5.71. The maximum atomic E-state index is 12.9. The van der Waals surface area contributed by atoms with E-state index in [-0.39, 0.29) is 12.0 Å². The number of allylic oxidation sites excluding steroid dienone is 4. The lowest BCUT2D eigenvalue weighted by molar-refractivity contribution is 0.185. The Bertz CT molecular complexity index is 356. The third-order valence-corrected chi connectivity index (χ3v) is 4.63. The fourth-order valence-corrected chi connectivity index (χ4v) is 3.22. The van der Waals surface area contributed by atoms with Crippen molar-refractivity contribution in [2.75, 3.05) is 5.75 Å². The van der Waals surface area contributed by atoms with Gasteiger partial charge in [0.05, 0.1) is 0 Å². The molecule has 0 N–H and O–H groups in total. The van der Waals surface area contributed by atoms with Crippen molar-refractivity contribution in [3.8, 4) is 0 Å². The summed E-state index contributed by atoms with van der Waals surface area (Å²) in [7, 11) is -1.23. The monoisotopic (exact) mass is 248 g/mol. The Balaban J connectivity index is 2.99. The number of hydrogen-bond donors (Lipinski definition) is 0. The normalized spacial score (nSPS) is 19.6. The summed E-state index contributed by atoms with van der Waals surface area (Å²) in [6.45, 7) is 5.72. The van der Waals surface area contributed by atoms with E-state index in [9.17, 15) is 13.0 Å². The first-order valence-corrected chi connectivity index (χ1v) is 6.82. The van der Waals surface area contributed by atoms with Gasteiger partial charge in [0, 0.05) is 33.5 Å². The Hall–Kier alpha value is -0.510. The zero-order valence-corrected chi connectivity index (χ0v) is 10.8. The highest BCUT2D eigenvalue weighted by Crippen LogP contribution is 2.34. The lowest BCUT2D eigenvalue weighted by Gasteiger charge is -2.22. The maximum Gasteiger partial charge on any atom is 0.261 e. The highest BCUT2D eigenvalue weighted by atomic mass is 32.2. The van der Waals surface area contributed by atoms with Crippen molar-refractivity contribution in [1.29, 1.82) is 0 Å². The van der Waals surface area contributed by atoms with Crippen LogP contribution < -0.4 is 0 Å². The molecular weight excluding hydrogens is 230 g/mol. The molecule has 0 spiro atoms. The molecule has 1 aliphatic carbocycles. The smallest absolute Gasteiger partial charge is 0.255 e. The lowest BCUT2D eigenvalue weighted by atomic mass is 9.93. The van der Waals surface area contributed by atoms with Gasteiger partial charge in [0.1, 0.15) is 0 Å². The summed E-state index contributed by atoms with van der Waals surface area (Å²) in [4.78, 5) is 0.472. The molecule has 0 amide bonds. The molecular formula is C12H18F2OS. The zero-order valence-electron chi connectivity index (χ0n) is 9.98. The molecule has 4 heteroatoms. The van der Waals surface area contributed by atoms with Crippen LogP contribution in [-0.4, -0.2) is 16.4 Å². The molecule has 0 saturated carbocycles. The Morgan fingerprint density at radius 1 is 1.25 bits per heavy atom. The molecule has 1 atom stereocenters. The van der Waals surface area contributed by atoms with E-state index < -0.39 is 17.2 Å². The largest absolute Gasteiger partial charge is 0.261 e. The van der Waals surface area contributed by atoms with Gasteiger partial charge in [-0.05, 0) is 26.7 Å². The summed E-state index contributed by atoms with van der Waals surface area (Å²) in [5.41, 5.74) is 2.17. The van der Waals surface area contributed by atoms with Crippen LogP contribution in [0.15, 0.2) is 21.6 Å². The van der Waals surface area contributed by atoms with Crippen molar-refractivity contribution in [2.24, 2.45) is 0 Å². The second-order valence-electron chi connectivity index (χ2n) is 4.21. The molecule has 0 heterocycles. The van der Waals surface area contributed by atoms with E-state index >= 15 is 0 Å². The van der Waals surface area contributed by atoms with E-state index in [1.54, 1.807) is 0 Å². The van der Waals surface area contributed by atoms with E-state index in [4.69, 9.17) is 0 Å². The van der Waals surface area contributed by atoms with Gasteiger partial charge < -0.3 is 0 Å². The van der Waals surface area contributed by atoms with Gasteiger partial charge in [0.2, 0.25) is 0 Å². The van der Waals surface area contributed by atoms with Crippen LogP contribution in [0.2, 0.25) is 0 Å². The van der Waals surface area contributed by atoms with Gasteiger partial charge in [0.25, 0.3) is 6.43 Å². The fourth-order valence-electron chi connectivity index (χ4n) is 1.77. The first kappa shape index (κ1) is 13.6. The van der Waals surface area contributed by atoms with Gasteiger partial charge in [-0.15, -0.1) is 0 Å². The minimum atomic E-state index is -2.47. The average molecular weight is 248 g/mol. The first-order chi connectivity index (χ1) is 7.47. The van der Waals surface area contributed by atoms with Crippen LogP contribution in [0.5, 0.6) is 0 Å². The van der Waals surface area contributed by atoms with Crippen molar-refractivity contribution < 1.29 is 13.0 Å². The van der Waals surface area contributed by atoms with Crippen molar-refractivity contribution in [3.63, 3.8) is 0 Å². The minimum Gasteiger partial charge on any atom is -0.255 e. The number of halogens is 2. The summed E-state index contributed by atoms with van der Waals surface area (Å²) < 4.78 is 37.6. The Labute approximate surface area is 98.1 Å². The molecule has 1 nitrogen and oxygen atoms in total. The molecule has 0 bridgehead atoms. The van der Waals surface area contributed by atoms with E-state index in [0.717, 1.165) is 17.6 Å². The van der Waals surface area contributed by atoms with Crippen molar-refractivity contribution in [3.05, 3.63) is 21.6 Å². The van der Waals surface area contributed by atoms with Gasteiger partial charge in [-0.25, -0.2) is 8.78 Å². The zero-order chi connectivity index (χ0) is 12.3. The SMILES string of the molecule is CCCS(=O)C1=C(C(F)F)CC(C)=C(C)C1. The fraction of sp³-hybridized carbons (Fsp3) is 0.667.